The van der Waals surface area contributed by atoms with Crippen molar-refractivity contribution in [3.63, 3.8) is 0 Å². The molecule has 0 aliphatic heterocycles. The summed E-state index contributed by atoms with van der Waals surface area (Å²) < 4.78 is 1.77. The zero-order valence-corrected chi connectivity index (χ0v) is 17.9. The zero-order valence-electron chi connectivity index (χ0n) is 15.5. The number of thiazole rings is 1. The number of halogens is 1. The van der Waals surface area contributed by atoms with Crippen molar-refractivity contribution in [3.05, 3.63) is 74.7 Å². The lowest BCUT2D eigenvalue weighted by molar-refractivity contribution is -0.118. The average Bonchev–Trinajstić information content (AvgIpc) is 3.30. The first-order valence-corrected chi connectivity index (χ1v) is 10.8. The number of nitrogens with zero attached hydrogens (tertiary/aromatic N) is 3. The Bertz CT molecular complexity index is 1140. The minimum Gasteiger partial charge on any atom is -0.283 e. The van der Waals surface area contributed by atoms with E-state index in [0.29, 0.717) is 22.4 Å². The largest absolute Gasteiger partial charge is 0.283 e. The number of carbonyl (C=O) groups is 1. The van der Waals surface area contributed by atoms with Gasteiger partial charge in [-0.05, 0) is 54.8 Å². The molecule has 1 aromatic carbocycles. The third-order valence-electron chi connectivity index (χ3n) is 4.62. The second kappa shape index (κ2) is 7.99. The Kier molecular flexibility index (Phi) is 5.44. The molecule has 3 heterocycles. The van der Waals surface area contributed by atoms with Crippen molar-refractivity contribution in [1.82, 2.24) is 9.97 Å². The van der Waals surface area contributed by atoms with Gasteiger partial charge in [0.1, 0.15) is 0 Å². The molecule has 0 aliphatic carbocycles. The Morgan fingerprint density at radius 1 is 1.14 bits per heavy atom. The van der Waals surface area contributed by atoms with E-state index >= 15 is 0 Å². The van der Waals surface area contributed by atoms with Gasteiger partial charge >= 0.3 is 0 Å². The predicted octanol–water partition coefficient (Wildman–Crippen LogP) is 5.80. The van der Waals surface area contributed by atoms with E-state index in [1.54, 1.807) is 28.6 Å². The molecule has 0 aliphatic rings. The fraction of sp³-hybridized carbons (Fsp3) is 0.190. The number of anilines is 1. The van der Waals surface area contributed by atoms with E-state index in [1.807, 2.05) is 24.3 Å². The number of hydrogen-bond donors (Lipinski definition) is 0. The molecule has 7 heteroatoms. The van der Waals surface area contributed by atoms with Crippen LogP contribution in [-0.2, 0) is 17.8 Å². The van der Waals surface area contributed by atoms with Crippen LogP contribution >= 0.6 is 34.3 Å². The molecule has 0 radical (unpaired) electrons. The van der Waals surface area contributed by atoms with Gasteiger partial charge in [-0.1, -0.05) is 35.1 Å². The Balaban J connectivity index is 1.71. The lowest BCUT2D eigenvalue weighted by Crippen LogP contribution is -2.31. The van der Waals surface area contributed by atoms with E-state index in [9.17, 15) is 4.79 Å². The van der Waals surface area contributed by atoms with Gasteiger partial charge < -0.3 is 0 Å². The van der Waals surface area contributed by atoms with Gasteiger partial charge in [0.15, 0.2) is 5.13 Å². The SMILES string of the molecule is Cc1ccc2sc(N(Cc3cccnc3)C(=O)Cc3ccc(Cl)s3)nc2c1C. The van der Waals surface area contributed by atoms with Crippen LogP contribution in [-0.4, -0.2) is 15.9 Å². The molecule has 0 atom stereocenters. The molecule has 0 fully saturated rings. The molecule has 4 rings (SSSR count). The van der Waals surface area contributed by atoms with Crippen LogP contribution in [0.4, 0.5) is 5.13 Å². The molecule has 28 heavy (non-hydrogen) atoms. The number of thiophene rings is 1. The zero-order chi connectivity index (χ0) is 19.7. The van der Waals surface area contributed by atoms with E-state index in [-0.39, 0.29) is 5.91 Å². The molecular weight excluding hydrogens is 410 g/mol. The average molecular weight is 428 g/mol. The summed E-state index contributed by atoms with van der Waals surface area (Å²) in [7, 11) is 0. The van der Waals surface area contributed by atoms with E-state index in [0.717, 1.165) is 26.2 Å². The van der Waals surface area contributed by atoms with Gasteiger partial charge in [-0.3, -0.25) is 14.7 Å². The van der Waals surface area contributed by atoms with Crippen LogP contribution in [0.25, 0.3) is 10.2 Å². The molecule has 0 N–H and O–H groups in total. The highest BCUT2D eigenvalue weighted by molar-refractivity contribution is 7.22. The van der Waals surface area contributed by atoms with E-state index < -0.39 is 0 Å². The summed E-state index contributed by atoms with van der Waals surface area (Å²) >= 11 is 9.01. The summed E-state index contributed by atoms with van der Waals surface area (Å²) in [6.07, 6.45) is 3.81. The number of aryl methyl sites for hydroxylation is 2. The van der Waals surface area contributed by atoms with Crippen molar-refractivity contribution in [3.8, 4) is 0 Å². The first-order chi connectivity index (χ1) is 13.5. The van der Waals surface area contributed by atoms with Gasteiger partial charge in [-0.15, -0.1) is 11.3 Å². The number of aromatic nitrogens is 2. The number of rotatable bonds is 5. The van der Waals surface area contributed by atoms with Crippen LogP contribution in [0.2, 0.25) is 4.34 Å². The molecule has 0 spiro atoms. The summed E-state index contributed by atoms with van der Waals surface area (Å²) in [6.45, 7) is 4.58. The summed E-state index contributed by atoms with van der Waals surface area (Å²) in [4.78, 5) is 24.9. The summed E-state index contributed by atoms with van der Waals surface area (Å²) in [5.74, 6) is -0.00389. The van der Waals surface area contributed by atoms with Crippen LogP contribution < -0.4 is 4.90 Å². The molecule has 0 saturated carbocycles. The van der Waals surface area contributed by atoms with E-state index in [2.05, 4.69) is 31.0 Å². The number of benzene rings is 1. The van der Waals surface area contributed by atoms with Crippen molar-refractivity contribution in [1.29, 1.82) is 0 Å². The Morgan fingerprint density at radius 2 is 2.00 bits per heavy atom. The molecule has 4 aromatic rings. The van der Waals surface area contributed by atoms with E-state index in [1.165, 1.54) is 16.9 Å². The molecule has 142 valence electrons. The topological polar surface area (TPSA) is 46.1 Å². The normalized spacial score (nSPS) is 11.1. The second-order valence-corrected chi connectivity index (χ2v) is 9.38. The van der Waals surface area contributed by atoms with Gasteiger partial charge in [0.2, 0.25) is 5.91 Å². The number of hydrogen-bond acceptors (Lipinski definition) is 5. The van der Waals surface area contributed by atoms with Crippen LogP contribution in [0.3, 0.4) is 0 Å². The van der Waals surface area contributed by atoms with Gasteiger partial charge in [-0.25, -0.2) is 4.98 Å². The smallest absolute Gasteiger partial charge is 0.234 e. The summed E-state index contributed by atoms with van der Waals surface area (Å²) in [5, 5.41) is 0.709. The van der Waals surface area contributed by atoms with Gasteiger partial charge in [0.25, 0.3) is 0 Å². The number of pyridine rings is 1. The summed E-state index contributed by atoms with van der Waals surface area (Å²) in [5.41, 5.74) is 4.27. The Labute approximate surface area is 176 Å². The third-order valence-corrected chi connectivity index (χ3v) is 6.90. The molecule has 1 amide bonds. The number of fused-ring (bicyclic) bond motifs is 1. The minimum atomic E-state index is -0.00389. The molecule has 0 saturated heterocycles. The highest BCUT2D eigenvalue weighted by Gasteiger charge is 2.22. The highest BCUT2D eigenvalue weighted by Crippen LogP contribution is 2.33. The fourth-order valence-electron chi connectivity index (χ4n) is 2.96. The van der Waals surface area contributed by atoms with Crippen LogP contribution in [0.5, 0.6) is 0 Å². The maximum atomic E-state index is 13.2. The lowest BCUT2D eigenvalue weighted by Gasteiger charge is -2.19. The monoisotopic (exact) mass is 427 g/mol. The predicted molar refractivity (Wildman–Crippen MR) is 118 cm³/mol. The van der Waals surface area contributed by atoms with Gasteiger partial charge in [-0.2, -0.15) is 0 Å². The standard InChI is InChI=1S/C21H18ClN3OS2/c1-13-5-7-17-20(14(13)2)24-21(28-17)25(12-15-4-3-9-23-11-15)19(26)10-16-6-8-18(22)27-16/h3-9,11H,10,12H2,1-2H3. The van der Waals surface area contributed by atoms with Crippen molar-refractivity contribution >= 4 is 55.5 Å². The van der Waals surface area contributed by atoms with Crippen LogP contribution in [0.1, 0.15) is 21.6 Å². The summed E-state index contributed by atoms with van der Waals surface area (Å²) in [6, 6.07) is 11.7. The van der Waals surface area contributed by atoms with Crippen molar-refractivity contribution < 1.29 is 4.79 Å². The van der Waals surface area contributed by atoms with Crippen LogP contribution in [0.15, 0.2) is 48.8 Å². The van der Waals surface area contributed by atoms with Crippen LogP contribution in [0, 0.1) is 13.8 Å². The van der Waals surface area contributed by atoms with Gasteiger partial charge in [0, 0.05) is 17.3 Å². The Hall–Kier alpha value is -2.28. The van der Waals surface area contributed by atoms with Crippen molar-refractivity contribution in [2.75, 3.05) is 4.90 Å². The van der Waals surface area contributed by atoms with E-state index in [4.69, 9.17) is 16.6 Å². The number of carbonyl (C=O) groups excluding carboxylic acids is 1. The molecule has 0 bridgehead atoms. The molecule has 3 aromatic heterocycles. The molecule has 0 unspecified atom stereocenters. The van der Waals surface area contributed by atoms with Gasteiger partial charge in [0.05, 0.1) is 27.5 Å². The Morgan fingerprint density at radius 3 is 2.71 bits per heavy atom. The minimum absolute atomic E-state index is 0.00389. The van der Waals surface area contributed by atoms with Crippen molar-refractivity contribution in [2.24, 2.45) is 0 Å². The third kappa shape index (κ3) is 3.94. The molecule has 4 nitrogen and oxygen atoms in total. The maximum Gasteiger partial charge on any atom is 0.234 e. The highest BCUT2D eigenvalue weighted by atomic mass is 35.5. The maximum absolute atomic E-state index is 13.2. The van der Waals surface area contributed by atoms with Crippen molar-refractivity contribution in [2.45, 2.75) is 26.8 Å². The fourth-order valence-corrected chi connectivity index (χ4v) is 5.08. The lowest BCUT2D eigenvalue weighted by atomic mass is 10.1. The first-order valence-electron chi connectivity index (χ1n) is 8.81. The first kappa shape index (κ1) is 19.1. The molecular formula is C21H18ClN3OS2. The quantitative estimate of drug-likeness (QED) is 0.404. The second-order valence-electron chi connectivity index (χ2n) is 6.57. The number of amides is 1.